The minimum Gasteiger partial charge on any atom is -0.490 e. The zero-order valence-electron chi connectivity index (χ0n) is 12.0. The Labute approximate surface area is 125 Å². The van der Waals surface area contributed by atoms with Crippen LogP contribution in [0, 0.1) is 6.92 Å². The van der Waals surface area contributed by atoms with Crippen LogP contribution in [-0.4, -0.2) is 13.2 Å². The van der Waals surface area contributed by atoms with Gasteiger partial charge in [0.1, 0.15) is 5.75 Å². The lowest BCUT2D eigenvalue weighted by Crippen LogP contribution is -2.18. The molecule has 1 saturated carbocycles. The van der Waals surface area contributed by atoms with Crippen LogP contribution < -0.4 is 10.1 Å². The number of rotatable bonds is 4. The van der Waals surface area contributed by atoms with Gasteiger partial charge in [-0.05, 0) is 57.4 Å². The van der Waals surface area contributed by atoms with Crippen molar-refractivity contribution in [1.29, 1.82) is 0 Å². The van der Waals surface area contributed by atoms with E-state index in [1.165, 1.54) is 49.7 Å². The zero-order chi connectivity index (χ0) is 13.7. The Morgan fingerprint density at radius 1 is 1.21 bits per heavy atom. The fourth-order valence-corrected chi connectivity index (χ4v) is 3.44. The molecular weight excluding hydrogens is 302 g/mol. The van der Waals surface area contributed by atoms with Crippen molar-refractivity contribution in [3.05, 3.63) is 27.7 Å². The molecule has 1 fully saturated rings. The van der Waals surface area contributed by atoms with Crippen molar-refractivity contribution < 1.29 is 4.74 Å². The van der Waals surface area contributed by atoms with Gasteiger partial charge in [0, 0.05) is 16.6 Å². The Kier molecular flexibility index (Phi) is 5.71. The van der Waals surface area contributed by atoms with Crippen LogP contribution in [0.4, 0.5) is 0 Å². The normalized spacial score (nSPS) is 17.2. The Hall–Kier alpha value is -0.540. The van der Waals surface area contributed by atoms with Gasteiger partial charge in [0.2, 0.25) is 0 Å². The Morgan fingerprint density at radius 3 is 2.53 bits per heavy atom. The van der Waals surface area contributed by atoms with Crippen LogP contribution in [0.5, 0.6) is 5.75 Å². The molecule has 0 amide bonds. The molecule has 106 valence electrons. The number of halogens is 1. The van der Waals surface area contributed by atoms with Crippen LogP contribution in [0.1, 0.15) is 49.7 Å². The van der Waals surface area contributed by atoms with Crippen molar-refractivity contribution >= 4 is 15.9 Å². The van der Waals surface area contributed by atoms with Crippen molar-refractivity contribution in [2.75, 3.05) is 7.05 Å². The lowest BCUT2D eigenvalue weighted by atomic mass is 10.1. The van der Waals surface area contributed by atoms with Gasteiger partial charge in [0.05, 0.1) is 6.10 Å². The molecule has 0 unspecified atom stereocenters. The summed E-state index contributed by atoms with van der Waals surface area (Å²) in [5.74, 6) is 1.09. The fourth-order valence-electron chi connectivity index (χ4n) is 2.82. The van der Waals surface area contributed by atoms with E-state index in [1.807, 2.05) is 7.05 Å². The van der Waals surface area contributed by atoms with E-state index in [-0.39, 0.29) is 0 Å². The summed E-state index contributed by atoms with van der Waals surface area (Å²) in [7, 11) is 1.98. The van der Waals surface area contributed by atoms with Crippen molar-refractivity contribution in [3.8, 4) is 5.75 Å². The SMILES string of the molecule is CNCc1cc(Br)cc(C)c1OC1CCCCCC1. The van der Waals surface area contributed by atoms with Crippen LogP contribution in [0.15, 0.2) is 16.6 Å². The smallest absolute Gasteiger partial charge is 0.127 e. The van der Waals surface area contributed by atoms with Gasteiger partial charge in [0.15, 0.2) is 0 Å². The molecule has 1 aliphatic carbocycles. The third-order valence-corrected chi connectivity index (χ3v) is 4.23. The first-order valence-electron chi connectivity index (χ1n) is 7.31. The molecule has 19 heavy (non-hydrogen) atoms. The van der Waals surface area contributed by atoms with Crippen LogP contribution in [0.25, 0.3) is 0 Å². The summed E-state index contributed by atoms with van der Waals surface area (Å²) in [4.78, 5) is 0. The summed E-state index contributed by atoms with van der Waals surface area (Å²) in [5.41, 5.74) is 2.47. The van der Waals surface area contributed by atoms with E-state index in [9.17, 15) is 0 Å². The summed E-state index contributed by atoms with van der Waals surface area (Å²) in [5, 5.41) is 3.23. The van der Waals surface area contributed by atoms with Gasteiger partial charge in [-0.3, -0.25) is 0 Å². The molecule has 0 aliphatic heterocycles. The maximum Gasteiger partial charge on any atom is 0.127 e. The molecule has 0 radical (unpaired) electrons. The highest BCUT2D eigenvalue weighted by Crippen LogP contribution is 2.31. The van der Waals surface area contributed by atoms with Crippen molar-refractivity contribution in [3.63, 3.8) is 0 Å². The van der Waals surface area contributed by atoms with Crippen LogP contribution in [0.2, 0.25) is 0 Å². The first-order valence-corrected chi connectivity index (χ1v) is 8.10. The number of hydrogen-bond acceptors (Lipinski definition) is 2. The Morgan fingerprint density at radius 2 is 1.89 bits per heavy atom. The third-order valence-electron chi connectivity index (χ3n) is 3.77. The van der Waals surface area contributed by atoms with Gasteiger partial charge in [-0.2, -0.15) is 0 Å². The minimum atomic E-state index is 0.401. The second-order valence-corrected chi connectivity index (χ2v) is 6.39. The number of benzene rings is 1. The quantitative estimate of drug-likeness (QED) is 0.818. The molecule has 2 rings (SSSR count). The predicted molar refractivity (Wildman–Crippen MR) is 83.8 cm³/mol. The monoisotopic (exact) mass is 325 g/mol. The molecule has 0 heterocycles. The largest absolute Gasteiger partial charge is 0.490 e. The van der Waals surface area contributed by atoms with Gasteiger partial charge >= 0.3 is 0 Å². The predicted octanol–water partition coefficient (Wildman–Crippen LogP) is 4.58. The van der Waals surface area contributed by atoms with Gasteiger partial charge in [-0.25, -0.2) is 0 Å². The topological polar surface area (TPSA) is 21.3 Å². The molecule has 2 nitrogen and oxygen atoms in total. The third kappa shape index (κ3) is 4.22. The van der Waals surface area contributed by atoms with Gasteiger partial charge in [-0.15, -0.1) is 0 Å². The van der Waals surface area contributed by atoms with E-state index in [0.717, 1.165) is 16.8 Å². The second kappa shape index (κ2) is 7.30. The average molecular weight is 326 g/mol. The van der Waals surface area contributed by atoms with E-state index in [1.54, 1.807) is 0 Å². The maximum absolute atomic E-state index is 6.34. The highest BCUT2D eigenvalue weighted by atomic mass is 79.9. The van der Waals surface area contributed by atoms with E-state index >= 15 is 0 Å². The number of nitrogens with one attached hydrogen (secondary N) is 1. The molecule has 1 aromatic carbocycles. The summed E-state index contributed by atoms with van der Waals surface area (Å²) in [6.45, 7) is 2.98. The van der Waals surface area contributed by atoms with Gasteiger partial charge < -0.3 is 10.1 Å². The molecule has 0 bridgehead atoms. The molecule has 3 heteroatoms. The van der Waals surface area contributed by atoms with Crippen molar-refractivity contribution in [2.45, 2.75) is 58.1 Å². The summed E-state index contributed by atoms with van der Waals surface area (Å²) < 4.78 is 7.47. The first-order chi connectivity index (χ1) is 9.20. The molecule has 0 aromatic heterocycles. The van der Waals surface area contributed by atoms with Crippen molar-refractivity contribution in [2.24, 2.45) is 0 Å². The average Bonchev–Trinajstić information content (AvgIpc) is 2.62. The van der Waals surface area contributed by atoms with Gasteiger partial charge in [-0.1, -0.05) is 28.8 Å². The summed E-state index contributed by atoms with van der Waals surface area (Å²) in [6.07, 6.45) is 8.15. The van der Waals surface area contributed by atoms with Gasteiger partial charge in [0.25, 0.3) is 0 Å². The minimum absolute atomic E-state index is 0.401. The lowest BCUT2D eigenvalue weighted by molar-refractivity contribution is 0.180. The Bertz CT molecular complexity index is 411. The highest BCUT2D eigenvalue weighted by Gasteiger charge is 2.17. The summed E-state index contributed by atoms with van der Waals surface area (Å²) in [6, 6.07) is 4.31. The second-order valence-electron chi connectivity index (χ2n) is 5.47. The Balaban J connectivity index is 2.17. The fraction of sp³-hybridized carbons (Fsp3) is 0.625. The lowest BCUT2D eigenvalue weighted by Gasteiger charge is -2.21. The molecule has 1 aromatic rings. The highest BCUT2D eigenvalue weighted by molar-refractivity contribution is 9.10. The van der Waals surface area contributed by atoms with Crippen LogP contribution >= 0.6 is 15.9 Å². The number of hydrogen-bond donors (Lipinski definition) is 1. The van der Waals surface area contributed by atoms with Crippen molar-refractivity contribution in [1.82, 2.24) is 5.32 Å². The molecular formula is C16H24BrNO. The standard InChI is InChI=1S/C16H24BrNO/c1-12-9-14(17)10-13(11-18-2)16(12)19-15-7-5-3-4-6-8-15/h9-10,15,18H,3-8,11H2,1-2H3. The van der Waals surface area contributed by atoms with E-state index in [4.69, 9.17) is 4.74 Å². The molecule has 1 aliphatic rings. The number of aryl methyl sites for hydroxylation is 1. The molecule has 0 spiro atoms. The zero-order valence-corrected chi connectivity index (χ0v) is 13.6. The molecule has 0 saturated heterocycles. The van der Waals surface area contributed by atoms with E-state index in [2.05, 4.69) is 40.3 Å². The maximum atomic E-state index is 6.34. The van der Waals surface area contributed by atoms with Crippen LogP contribution in [-0.2, 0) is 6.54 Å². The summed E-state index contributed by atoms with van der Waals surface area (Å²) >= 11 is 3.57. The van der Waals surface area contributed by atoms with Crippen LogP contribution in [0.3, 0.4) is 0 Å². The molecule has 1 N–H and O–H groups in total. The van der Waals surface area contributed by atoms with E-state index < -0.39 is 0 Å². The first kappa shape index (κ1) is 14.9. The van der Waals surface area contributed by atoms with E-state index in [0.29, 0.717) is 6.10 Å². The molecule has 0 atom stereocenters. The number of ether oxygens (including phenoxy) is 1.